The summed E-state index contributed by atoms with van der Waals surface area (Å²) in [6.45, 7) is 0.697. The van der Waals surface area contributed by atoms with E-state index in [1.807, 2.05) is 6.07 Å². The van der Waals surface area contributed by atoms with Crippen molar-refractivity contribution in [2.75, 3.05) is 6.54 Å². The normalized spacial score (nSPS) is 16.2. The van der Waals surface area contributed by atoms with Crippen LogP contribution in [0.5, 0.6) is 0 Å². The van der Waals surface area contributed by atoms with Crippen LogP contribution in [0.2, 0.25) is 0 Å². The highest BCUT2D eigenvalue weighted by atomic mass is 19.1. The van der Waals surface area contributed by atoms with E-state index in [0.29, 0.717) is 23.5 Å². The number of benzene rings is 2. The quantitative estimate of drug-likeness (QED) is 0.694. The zero-order chi connectivity index (χ0) is 20.2. The average molecular weight is 394 g/mol. The molecule has 1 aliphatic heterocycles. The standard InChI is InChI=1S/C21H19FN4O3/c22-17-9-5-4-8-15(17)12-26-13-16(10-19(26)27)20-24-18(29-25-20)11-23-21(28)14-6-2-1-3-7-14/h1-9,16H,10-13H2,(H,23,28). The van der Waals surface area contributed by atoms with Gasteiger partial charge in [-0.25, -0.2) is 4.39 Å². The fourth-order valence-electron chi connectivity index (χ4n) is 3.28. The third kappa shape index (κ3) is 4.31. The van der Waals surface area contributed by atoms with Gasteiger partial charge in [-0.3, -0.25) is 9.59 Å². The molecule has 0 saturated carbocycles. The number of hydrogen-bond donors (Lipinski definition) is 1. The van der Waals surface area contributed by atoms with E-state index >= 15 is 0 Å². The molecule has 2 aromatic carbocycles. The van der Waals surface area contributed by atoms with Gasteiger partial charge in [0.2, 0.25) is 11.8 Å². The minimum atomic E-state index is -0.334. The minimum Gasteiger partial charge on any atom is -0.343 e. The Hall–Kier alpha value is -3.55. The fourth-order valence-corrected chi connectivity index (χ4v) is 3.28. The highest BCUT2D eigenvalue weighted by Crippen LogP contribution is 2.27. The molecular weight excluding hydrogens is 375 g/mol. The molecule has 8 heteroatoms. The van der Waals surface area contributed by atoms with Crippen molar-refractivity contribution in [3.63, 3.8) is 0 Å². The van der Waals surface area contributed by atoms with Crippen molar-refractivity contribution in [2.24, 2.45) is 0 Å². The highest BCUT2D eigenvalue weighted by molar-refractivity contribution is 5.93. The Morgan fingerprint density at radius 3 is 2.72 bits per heavy atom. The maximum atomic E-state index is 13.9. The molecule has 148 valence electrons. The van der Waals surface area contributed by atoms with Crippen molar-refractivity contribution >= 4 is 11.8 Å². The van der Waals surface area contributed by atoms with E-state index in [1.54, 1.807) is 47.4 Å². The maximum absolute atomic E-state index is 13.9. The smallest absolute Gasteiger partial charge is 0.251 e. The Kier molecular flexibility index (Phi) is 5.33. The van der Waals surface area contributed by atoms with Gasteiger partial charge in [-0.15, -0.1) is 0 Å². The van der Waals surface area contributed by atoms with E-state index in [9.17, 15) is 14.0 Å². The molecule has 1 atom stereocenters. The molecule has 1 unspecified atom stereocenters. The van der Waals surface area contributed by atoms with Gasteiger partial charge in [-0.1, -0.05) is 41.6 Å². The van der Waals surface area contributed by atoms with Crippen molar-refractivity contribution in [1.82, 2.24) is 20.4 Å². The summed E-state index contributed by atoms with van der Waals surface area (Å²) in [5, 5.41) is 6.67. The number of rotatable bonds is 6. The van der Waals surface area contributed by atoms with Gasteiger partial charge in [0.25, 0.3) is 5.91 Å². The molecule has 1 aromatic heterocycles. The Morgan fingerprint density at radius 2 is 1.93 bits per heavy atom. The summed E-state index contributed by atoms with van der Waals surface area (Å²) in [5.74, 6) is -0.196. The van der Waals surface area contributed by atoms with Crippen LogP contribution in [-0.4, -0.2) is 33.4 Å². The number of nitrogens with zero attached hydrogens (tertiary/aromatic N) is 3. The first-order valence-corrected chi connectivity index (χ1v) is 9.27. The first-order valence-electron chi connectivity index (χ1n) is 9.27. The predicted molar refractivity (Wildman–Crippen MR) is 101 cm³/mol. The van der Waals surface area contributed by atoms with E-state index in [0.717, 1.165) is 0 Å². The summed E-state index contributed by atoms with van der Waals surface area (Å²) in [6.07, 6.45) is 0.240. The molecule has 2 heterocycles. The summed E-state index contributed by atoms with van der Waals surface area (Å²) >= 11 is 0. The van der Waals surface area contributed by atoms with Crippen LogP contribution in [0, 0.1) is 5.82 Å². The van der Waals surface area contributed by atoms with E-state index in [2.05, 4.69) is 15.5 Å². The molecule has 3 aromatic rings. The van der Waals surface area contributed by atoms with Crippen LogP contribution in [0.15, 0.2) is 59.1 Å². The lowest BCUT2D eigenvalue weighted by molar-refractivity contribution is -0.128. The molecule has 0 radical (unpaired) electrons. The van der Waals surface area contributed by atoms with Crippen LogP contribution in [0.3, 0.4) is 0 Å². The van der Waals surface area contributed by atoms with E-state index in [1.165, 1.54) is 6.07 Å². The Bertz CT molecular complexity index is 1020. The number of nitrogens with one attached hydrogen (secondary N) is 1. The minimum absolute atomic E-state index is 0.0815. The Labute approximate surface area is 166 Å². The molecule has 1 N–H and O–H groups in total. The van der Waals surface area contributed by atoms with Crippen LogP contribution >= 0.6 is 0 Å². The monoisotopic (exact) mass is 394 g/mol. The number of halogens is 1. The molecule has 1 fully saturated rings. The van der Waals surface area contributed by atoms with Crippen LogP contribution in [0.25, 0.3) is 0 Å². The maximum Gasteiger partial charge on any atom is 0.251 e. The topological polar surface area (TPSA) is 88.3 Å². The molecule has 1 aliphatic rings. The summed E-state index contributed by atoms with van der Waals surface area (Å²) in [5.41, 5.74) is 1.01. The SMILES string of the molecule is O=C(NCc1nc(C2CC(=O)N(Cc3ccccc3F)C2)no1)c1ccccc1. The second-order valence-corrected chi connectivity index (χ2v) is 6.86. The van der Waals surface area contributed by atoms with E-state index in [-0.39, 0.29) is 49.0 Å². The number of likely N-dealkylation sites (tertiary alicyclic amines) is 1. The first-order chi connectivity index (χ1) is 14.1. The van der Waals surface area contributed by atoms with E-state index < -0.39 is 0 Å². The molecule has 29 heavy (non-hydrogen) atoms. The number of carbonyl (C=O) groups is 2. The van der Waals surface area contributed by atoms with Crippen molar-refractivity contribution < 1.29 is 18.5 Å². The summed E-state index contributed by atoms with van der Waals surface area (Å²) < 4.78 is 19.1. The van der Waals surface area contributed by atoms with Gasteiger partial charge in [0.15, 0.2) is 5.82 Å². The van der Waals surface area contributed by atoms with Gasteiger partial charge in [-0.2, -0.15) is 4.98 Å². The number of hydrogen-bond acceptors (Lipinski definition) is 5. The van der Waals surface area contributed by atoms with Crippen LogP contribution in [0.1, 0.15) is 40.0 Å². The third-order valence-corrected chi connectivity index (χ3v) is 4.82. The lowest BCUT2D eigenvalue weighted by Crippen LogP contribution is -2.25. The summed E-state index contributed by atoms with van der Waals surface area (Å²) in [7, 11) is 0. The molecule has 0 spiro atoms. The Morgan fingerprint density at radius 1 is 1.17 bits per heavy atom. The molecule has 2 amide bonds. The molecular formula is C21H19FN4O3. The predicted octanol–water partition coefficient (Wildman–Crippen LogP) is 2.65. The van der Waals surface area contributed by atoms with Gasteiger partial charge in [0.1, 0.15) is 5.82 Å². The second-order valence-electron chi connectivity index (χ2n) is 6.86. The largest absolute Gasteiger partial charge is 0.343 e. The summed E-state index contributed by atoms with van der Waals surface area (Å²) in [4.78, 5) is 30.3. The lowest BCUT2D eigenvalue weighted by Gasteiger charge is -2.16. The Balaban J connectivity index is 1.35. The lowest BCUT2D eigenvalue weighted by atomic mass is 10.1. The van der Waals surface area contributed by atoms with Crippen molar-refractivity contribution in [1.29, 1.82) is 0 Å². The van der Waals surface area contributed by atoms with Gasteiger partial charge in [0, 0.05) is 36.6 Å². The first kappa shape index (κ1) is 18.8. The second kappa shape index (κ2) is 8.22. The van der Waals surface area contributed by atoms with Gasteiger partial charge in [0.05, 0.1) is 6.54 Å². The third-order valence-electron chi connectivity index (χ3n) is 4.82. The van der Waals surface area contributed by atoms with E-state index in [4.69, 9.17) is 4.52 Å². The zero-order valence-electron chi connectivity index (χ0n) is 15.5. The van der Waals surface area contributed by atoms with Crippen LogP contribution < -0.4 is 5.32 Å². The van der Waals surface area contributed by atoms with Gasteiger partial charge >= 0.3 is 0 Å². The molecule has 0 bridgehead atoms. The molecule has 7 nitrogen and oxygen atoms in total. The van der Waals surface area contributed by atoms with Crippen molar-refractivity contribution in [3.8, 4) is 0 Å². The van der Waals surface area contributed by atoms with Crippen LogP contribution in [-0.2, 0) is 17.9 Å². The molecule has 1 saturated heterocycles. The van der Waals surface area contributed by atoms with Gasteiger partial charge in [-0.05, 0) is 18.2 Å². The molecule has 4 rings (SSSR count). The van der Waals surface area contributed by atoms with Gasteiger partial charge < -0.3 is 14.7 Å². The van der Waals surface area contributed by atoms with Crippen LogP contribution in [0.4, 0.5) is 4.39 Å². The van der Waals surface area contributed by atoms with Crippen molar-refractivity contribution in [3.05, 3.63) is 83.3 Å². The van der Waals surface area contributed by atoms with Crippen molar-refractivity contribution in [2.45, 2.75) is 25.4 Å². The molecule has 0 aliphatic carbocycles. The fraction of sp³-hybridized carbons (Fsp3) is 0.238. The number of carbonyl (C=O) groups excluding carboxylic acids is 2. The number of amides is 2. The number of aromatic nitrogens is 2. The summed E-state index contributed by atoms with van der Waals surface area (Å²) in [6, 6.07) is 15.2. The highest BCUT2D eigenvalue weighted by Gasteiger charge is 2.34. The average Bonchev–Trinajstić information content (AvgIpc) is 3.35. The zero-order valence-corrected chi connectivity index (χ0v) is 15.5.